The molecule has 12 heavy (non-hydrogen) atoms. The Hall–Kier alpha value is -0.900. The van der Waals surface area contributed by atoms with Gasteiger partial charge in [-0.05, 0) is 19.9 Å². The number of nitrogens with zero attached hydrogens (tertiary/aromatic N) is 2. The molecule has 0 fully saturated rings. The molecule has 0 bridgehead atoms. The normalized spacial score (nSPS) is 13.2. The molecule has 1 aromatic rings. The molecule has 0 aliphatic carbocycles. The van der Waals surface area contributed by atoms with Crippen molar-refractivity contribution in [2.24, 2.45) is 0 Å². The van der Waals surface area contributed by atoms with Gasteiger partial charge in [0.25, 0.3) is 0 Å². The van der Waals surface area contributed by atoms with Crippen molar-refractivity contribution >= 4 is 0 Å². The van der Waals surface area contributed by atoms with Gasteiger partial charge in [0.1, 0.15) is 0 Å². The average Bonchev–Trinajstić information content (AvgIpc) is 2.47. The molecule has 0 radical (unpaired) electrons. The summed E-state index contributed by atoms with van der Waals surface area (Å²) >= 11 is 0. The fourth-order valence-electron chi connectivity index (χ4n) is 0.935. The smallest absolute Gasteiger partial charge is 0.233 e. The number of aryl methyl sites for hydroxylation is 1. The van der Waals surface area contributed by atoms with Crippen molar-refractivity contribution in [2.45, 2.75) is 33.2 Å². The molecular weight excluding hydrogens is 154 g/mol. The molecular formula is C8H15N3O. The molecule has 0 saturated heterocycles. The van der Waals surface area contributed by atoms with Gasteiger partial charge in [0.2, 0.25) is 11.8 Å². The molecule has 4 heteroatoms. The van der Waals surface area contributed by atoms with E-state index in [1.807, 2.05) is 6.92 Å². The van der Waals surface area contributed by atoms with E-state index in [0.717, 1.165) is 13.0 Å². The lowest BCUT2D eigenvalue weighted by Gasteiger charge is -2.07. The highest BCUT2D eigenvalue weighted by Gasteiger charge is 2.10. The molecule has 1 atom stereocenters. The number of hydrogen-bond acceptors (Lipinski definition) is 4. The van der Waals surface area contributed by atoms with E-state index in [1.54, 1.807) is 6.92 Å². The van der Waals surface area contributed by atoms with Crippen LogP contribution in [-0.4, -0.2) is 16.7 Å². The minimum atomic E-state index is 0.158. The first-order valence-corrected chi connectivity index (χ1v) is 4.27. The summed E-state index contributed by atoms with van der Waals surface area (Å²) < 4.78 is 5.26. The summed E-state index contributed by atoms with van der Waals surface area (Å²) in [7, 11) is 0. The maximum Gasteiger partial charge on any atom is 0.233 e. The highest BCUT2D eigenvalue weighted by atomic mass is 16.4. The Kier molecular flexibility index (Phi) is 3.22. The largest absolute Gasteiger partial charge is 0.424 e. The first-order chi connectivity index (χ1) is 5.74. The maximum atomic E-state index is 5.26. The maximum absolute atomic E-state index is 5.26. The van der Waals surface area contributed by atoms with Crippen molar-refractivity contribution in [3.63, 3.8) is 0 Å². The van der Waals surface area contributed by atoms with Crippen molar-refractivity contribution in [1.82, 2.24) is 15.5 Å². The summed E-state index contributed by atoms with van der Waals surface area (Å²) in [6.07, 6.45) is 1.11. The second kappa shape index (κ2) is 4.21. The Morgan fingerprint density at radius 3 is 2.75 bits per heavy atom. The standard InChI is InChI=1S/C8H15N3O/c1-4-5-9-6(2)8-11-10-7(3)12-8/h6,9H,4-5H2,1-3H3. The van der Waals surface area contributed by atoms with Crippen molar-refractivity contribution in [3.8, 4) is 0 Å². The van der Waals surface area contributed by atoms with Crippen LogP contribution >= 0.6 is 0 Å². The highest BCUT2D eigenvalue weighted by Crippen LogP contribution is 2.09. The molecule has 0 aromatic carbocycles. The average molecular weight is 169 g/mol. The Bertz CT molecular complexity index is 234. The zero-order chi connectivity index (χ0) is 8.97. The molecule has 0 saturated carbocycles. The van der Waals surface area contributed by atoms with E-state index in [2.05, 4.69) is 22.4 Å². The van der Waals surface area contributed by atoms with Gasteiger partial charge in [-0.3, -0.25) is 0 Å². The van der Waals surface area contributed by atoms with Gasteiger partial charge in [-0.25, -0.2) is 0 Å². The Balaban J connectivity index is 2.47. The third kappa shape index (κ3) is 2.30. The quantitative estimate of drug-likeness (QED) is 0.741. The van der Waals surface area contributed by atoms with E-state index < -0.39 is 0 Å². The van der Waals surface area contributed by atoms with Gasteiger partial charge in [-0.1, -0.05) is 6.92 Å². The van der Waals surface area contributed by atoms with Crippen LogP contribution in [0.3, 0.4) is 0 Å². The predicted molar refractivity (Wildman–Crippen MR) is 45.7 cm³/mol. The third-order valence-corrected chi connectivity index (χ3v) is 1.61. The van der Waals surface area contributed by atoms with Crippen LogP contribution < -0.4 is 5.32 Å². The molecule has 1 N–H and O–H groups in total. The van der Waals surface area contributed by atoms with E-state index in [1.165, 1.54) is 0 Å². The predicted octanol–water partition coefficient (Wildman–Crippen LogP) is 1.44. The van der Waals surface area contributed by atoms with E-state index in [0.29, 0.717) is 11.8 Å². The number of rotatable bonds is 4. The SMILES string of the molecule is CCCNC(C)c1nnc(C)o1. The molecule has 1 unspecified atom stereocenters. The van der Waals surface area contributed by atoms with Crippen LogP contribution in [0, 0.1) is 6.92 Å². The fraction of sp³-hybridized carbons (Fsp3) is 0.750. The van der Waals surface area contributed by atoms with Gasteiger partial charge in [0.05, 0.1) is 6.04 Å². The zero-order valence-electron chi connectivity index (χ0n) is 7.79. The zero-order valence-corrected chi connectivity index (χ0v) is 7.79. The summed E-state index contributed by atoms with van der Waals surface area (Å²) in [6.45, 7) is 6.91. The Labute approximate surface area is 72.4 Å². The Morgan fingerprint density at radius 1 is 1.50 bits per heavy atom. The van der Waals surface area contributed by atoms with Gasteiger partial charge >= 0.3 is 0 Å². The summed E-state index contributed by atoms with van der Waals surface area (Å²) in [5.74, 6) is 1.29. The second-order valence-corrected chi connectivity index (χ2v) is 2.84. The van der Waals surface area contributed by atoms with E-state index in [-0.39, 0.29) is 6.04 Å². The highest BCUT2D eigenvalue weighted by molar-refractivity contribution is 4.86. The molecule has 1 heterocycles. The molecule has 4 nitrogen and oxygen atoms in total. The van der Waals surface area contributed by atoms with Gasteiger partial charge < -0.3 is 9.73 Å². The van der Waals surface area contributed by atoms with Crippen LogP contribution in [0.1, 0.15) is 38.1 Å². The number of nitrogens with one attached hydrogen (secondary N) is 1. The Morgan fingerprint density at radius 2 is 2.25 bits per heavy atom. The monoisotopic (exact) mass is 169 g/mol. The third-order valence-electron chi connectivity index (χ3n) is 1.61. The lowest BCUT2D eigenvalue weighted by Crippen LogP contribution is -2.19. The molecule has 0 amide bonds. The van der Waals surface area contributed by atoms with Crippen LogP contribution in [0.25, 0.3) is 0 Å². The summed E-state index contributed by atoms with van der Waals surface area (Å²) in [4.78, 5) is 0. The van der Waals surface area contributed by atoms with Crippen molar-refractivity contribution in [2.75, 3.05) is 6.54 Å². The van der Waals surface area contributed by atoms with Crippen molar-refractivity contribution < 1.29 is 4.42 Å². The summed E-state index contributed by atoms with van der Waals surface area (Å²) in [5, 5.41) is 10.9. The molecule has 0 aliphatic heterocycles. The first-order valence-electron chi connectivity index (χ1n) is 4.27. The van der Waals surface area contributed by atoms with Crippen molar-refractivity contribution in [3.05, 3.63) is 11.8 Å². The first kappa shape index (κ1) is 9.19. The summed E-state index contributed by atoms with van der Waals surface area (Å²) in [5.41, 5.74) is 0. The topological polar surface area (TPSA) is 51.0 Å². The van der Waals surface area contributed by atoms with Gasteiger partial charge in [-0.15, -0.1) is 10.2 Å². The van der Waals surface area contributed by atoms with Crippen LogP contribution in [0.15, 0.2) is 4.42 Å². The van der Waals surface area contributed by atoms with E-state index in [4.69, 9.17) is 4.42 Å². The lowest BCUT2D eigenvalue weighted by atomic mass is 10.3. The number of aromatic nitrogens is 2. The summed E-state index contributed by atoms with van der Waals surface area (Å²) in [6, 6.07) is 0.158. The van der Waals surface area contributed by atoms with Gasteiger partial charge in [0.15, 0.2) is 0 Å². The van der Waals surface area contributed by atoms with Crippen LogP contribution in [0.5, 0.6) is 0 Å². The fourth-order valence-corrected chi connectivity index (χ4v) is 0.935. The minimum Gasteiger partial charge on any atom is -0.424 e. The molecule has 1 rings (SSSR count). The number of hydrogen-bond donors (Lipinski definition) is 1. The molecule has 0 aliphatic rings. The van der Waals surface area contributed by atoms with E-state index >= 15 is 0 Å². The van der Waals surface area contributed by atoms with E-state index in [9.17, 15) is 0 Å². The van der Waals surface area contributed by atoms with Crippen LogP contribution in [0.4, 0.5) is 0 Å². The molecule has 1 aromatic heterocycles. The second-order valence-electron chi connectivity index (χ2n) is 2.84. The van der Waals surface area contributed by atoms with Crippen LogP contribution in [-0.2, 0) is 0 Å². The van der Waals surface area contributed by atoms with Gasteiger partial charge in [-0.2, -0.15) is 0 Å². The van der Waals surface area contributed by atoms with Crippen molar-refractivity contribution in [1.29, 1.82) is 0 Å². The van der Waals surface area contributed by atoms with Gasteiger partial charge in [0, 0.05) is 6.92 Å². The molecule has 68 valence electrons. The van der Waals surface area contributed by atoms with Crippen LogP contribution in [0.2, 0.25) is 0 Å². The molecule has 0 spiro atoms. The lowest BCUT2D eigenvalue weighted by molar-refractivity contribution is 0.402. The minimum absolute atomic E-state index is 0.158.